The quantitative estimate of drug-likeness (QED) is 0.0952. The van der Waals surface area contributed by atoms with Gasteiger partial charge in [0.1, 0.15) is 42.5 Å². The first kappa shape index (κ1) is 50.1. The Morgan fingerprint density at radius 1 is 0.766 bits per heavy atom. The molecule has 1 unspecified atom stereocenters. The van der Waals surface area contributed by atoms with E-state index < -0.39 is 132 Å². The van der Waals surface area contributed by atoms with Crippen LogP contribution in [0.15, 0.2) is 54.6 Å². The van der Waals surface area contributed by atoms with Crippen molar-refractivity contribution in [2.75, 3.05) is 13.2 Å². The summed E-state index contributed by atoms with van der Waals surface area (Å²) in [7, 11) is 0. The average molecular weight is 895 g/mol. The summed E-state index contributed by atoms with van der Waals surface area (Å²) in [4.78, 5) is 112. The summed E-state index contributed by atoms with van der Waals surface area (Å²) in [5.41, 5.74) is 0.172. The van der Waals surface area contributed by atoms with Gasteiger partial charge in [0.05, 0.1) is 18.4 Å². The molecule has 5 amide bonds. The van der Waals surface area contributed by atoms with Gasteiger partial charge < -0.3 is 41.1 Å². The minimum Gasteiger partial charge on any atom is -0.481 e. The maximum atomic E-state index is 14.5. The molecule has 1 aliphatic heterocycles. The molecule has 2 aromatic carbocycles. The van der Waals surface area contributed by atoms with E-state index in [1.165, 1.54) is 11.0 Å². The number of nitrogens with zero attached hydrogens (tertiary/aromatic N) is 2. The van der Waals surface area contributed by atoms with E-state index in [9.17, 15) is 57.4 Å². The number of likely N-dealkylation sites (tertiary alicyclic amines) is 1. The second-order valence-corrected chi connectivity index (χ2v) is 17.7. The Morgan fingerprint density at radius 3 is 1.97 bits per heavy atom. The summed E-state index contributed by atoms with van der Waals surface area (Å²) >= 11 is 0. The number of aliphatic carboxylic acids is 2. The van der Waals surface area contributed by atoms with E-state index in [0.717, 1.165) is 23.6 Å². The van der Waals surface area contributed by atoms with Gasteiger partial charge in [0.2, 0.25) is 23.6 Å². The number of carboxylic acid groups (broad SMARTS) is 2. The number of amides is 5. The van der Waals surface area contributed by atoms with Gasteiger partial charge in [-0.1, -0.05) is 78.8 Å². The molecule has 1 aliphatic rings. The minimum absolute atomic E-state index is 0.00109. The molecule has 19 heteroatoms. The van der Waals surface area contributed by atoms with E-state index in [2.05, 4.69) is 26.3 Å². The van der Waals surface area contributed by atoms with Gasteiger partial charge in [-0.25, -0.2) is 13.8 Å². The van der Waals surface area contributed by atoms with E-state index in [-0.39, 0.29) is 17.7 Å². The van der Waals surface area contributed by atoms with Crippen molar-refractivity contribution in [1.29, 1.82) is 0 Å². The number of carbonyl (C=O) groups excluding carboxylic acids is 6. The van der Waals surface area contributed by atoms with Crippen LogP contribution in [0.25, 0.3) is 10.9 Å². The highest BCUT2D eigenvalue weighted by atomic mass is 19.1. The highest BCUT2D eigenvalue weighted by molar-refractivity contribution is 6.00. The first-order valence-electron chi connectivity index (χ1n) is 20.9. The van der Waals surface area contributed by atoms with Crippen molar-refractivity contribution >= 4 is 58.2 Å². The lowest BCUT2D eigenvalue weighted by Gasteiger charge is -2.35. The number of para-hydroxylation sites is 2. The summed E-state index contributed by atoms with van der Waals surface area (Å²) in [6.07, 6.45) is -1.16. The number of rotatable bonds is 20. The first-order valence-corrected chi connectivity index (χ1v) is 20.9. The fourth-order valence-corrected chi connectivity index (χ4v) is 7.53. The molecule has 1 fully saturated rings. The molecule has 1 saturated heterocycles. The van der Waals surface area contributed by atoms with Gasteiger partial charge in [-0.3, -0.25) is 38.4 Å². The number of hydrogen-bond acceptors (Lipinski definition) is 10. The summed E-state index contributed by atoms with van der Waals surface area (Å²) in [5.74, 6) is -13.1. The van der Waals surface area contributed by atoms with Crippen LogP contribution in [0.3, 0.4) is 0 Å². The zero-order chi connectivity index (χ0) is 47.6. The van der Waals surface area contributed by atoms with Crippen molar-refractivity contribution in [3.05, 3.63) is 71.9 Å². The van der Waals surface area contributed by atoms with Gasteiger partial charge in [-0.05, 0) is 60.3 Å². The molecule has 3 aromatic rings. The van der Waals surface area contributed by atoms with Gasteiger partial charge in [-0.15, -0.1) is 0 Å². The fraction of sp³-hybridized carbons (Fsp3) is 0.489. The van der Waals surface area contributed by atoms with Crippen LogP contribution in [0, 0.1) is 34.8 Å². The van der Waals surface area contributed by atoms with Crippen molar-refractivity contribution in [3.8, 4) is 5.75 Å². The Bertz CT molecular complexity index is 2230. The average Bonchev–Trinajstić information content (AvgIpc) is 3.62. The van der Waals surface area contributed by atoms with E-state index in [1.807, 2.05) is 32.9 Å². The van der Waals surface area contributed by atoms with Gasteiger partial charge in [-0.2, -0.15) is 0 Å². The topological polar surface area (TPSA) is 250 Å². The second kappa shape index (κ2) is 21.7. The maximum Gasteiger partial charge on any atom is 0.305 e. The zero-order valence-electron chi connectivity index (χ0n) is 36.8. The Kier molecular flexibility index (Phi) is 17.0. The summed E-state index contributed by atoms with van der Waals surface area (Å²) in [6, 6.07) is 5.75. The number of halogens is 2. The lowest BCUT2D eigenvalue weighted by molar-refractivity contribution is -0.146. The summed E-state index contributed by atoms with van der Waals surface area (Å²) in [5, 5.41) is 30.2. The number of pyridine rings is 1. The van der Waals surface area contributed by atoms with E-state index >= 15 is 0 Å². The predicted octanol–water partition coefficient (Wildman–Crippen LogP) is 3.63. The number of ketones is 1. The number of aromatic nitrogens is 1. The Balaban J connectivity index is 1.55. The lowest BCUT2D eigenvalue weighted by Crippen LogP contribution is -2.61. The highest BCUT2D eigenvalue weighted by Crippen LogP contribution is 2.36. The molecular weight excluding hydrogens is 839 g/mol. The number of nitrogens with one attached hydrogen (secondary N) is 4. The van der Waals surface area contributed by atoms with Crippen molar-refractivity contribution < 1.29 is 62.1 Å². The molecule has 0 radical (unpaired) electrons. The molecular formula is C45H56F2N6O11. The molecule has 4 rings (SSSR count). The molecule has 0 aliphatic carbocycles. The van der Waals surface area contributed by atoms with Crippen molar-refractivity contribution in [2.24, 2.45) is 23.2 Å². The fourth-order valence-electron chi connectivity index (χ4n) is 7.53. The van der Waals surface area contributed by atoms with Crippen LogP contribution in [0.5, 0.6) is 5.75 Å². The third kappa shape index (κ3) is 13.5. The third-order valence-electron chi connectivity index (χ3n) is 10.6. The largest absolute Gasteiger partial charge is 0.481 e. The number of ether oxygens (including phenoxy) is 1. The third-order valence-corrected chi connectivity index (χ3v) is 10.6. The monoisotopic (exact) mass is 894 g/mol. The van der Waals surface area contributed by atoms with E-state index in [0.29, 0.717) is 18.4 Å². The molecule has 0 saturated carbocycles. The van der Waals surface area contributed by atoms with Crippen molar-refractivity contribution in [3.63, 3.8) is 0 Å². The molecule has 0 bridgehead atoms. The van der Waals surface area contributed by atoms with Crippen LogP contribution in [0.1, 0.15) is 84.6 Å². The maximum absolute atomic E-state index is 14.5. The normalized spacial score (nSPS) is 17.0. The van der Waals surface area contributed by atoms with Gasteiger partial charge in [0.25, 0.3) is 5.91 Å². The van der Waals surface area contributed by atoms with E-state index in [4.69, 9.17) is 4.74 Å². The molecule has 2 heterocycles. The van der Waals surface area contributed by atoms with Crippen LogP contribution in [-0.2, 0) is 33.6 Å². The van der Waals surface area contributed by atoms with E-state index in [1.54, 1.807) is 45.9 Å². The van der Waals surface area contributed by atoms with Gasteiger partial charge in [0, 0.05) is 11.9 Å². The first-order chi connectivity index (χ1) is 30.0. The number of benzene rings is 2. The highest BCUT2D eigenvalue weighted by Gasteiger charge is 2.46. The van der Waals surface area contributed by atoms with Crippen molar-refractivity contribution in [2.45, 2.75) is 104 Å². The second-order valence-electron chi connectivity index (χ2n) is 17.7. The van der Waals surface area contributed by atoms with Crippen molar-refractivity contribution in [1.82, 2.24) is 31.2 Å². The molecule has 0 spiro atoms. The molecule has 1 aromatic heterocycles. The summed E-state index contributed by atoms with van der Waals surface area (Å²) < 4.78 is 33.5. The number of carbonyl (C=O) groups is 8. The van der Waals surface area contributed by atoms with Crippen LogP contribution in [-0.4, -0.2) is 111 Å². The van der Waals surface area contributed by atoms with Crippen LogP contribution in [0.4, 0.5) is 8.78 Å². The Morgan fingerprint density at radius 2 is 1.38 bits per heavy atom. The molecule has 17 nitrogen and oxygen atoms in total. The molecule has 6 atom stereocenters. The number of fused-ring (bicyclic) bond motifs is 1. The van der Waals surface area contributed by atoms with Crippen LogP contribution < -0.4 is 26.0 Å². The smallest absolute Gasteiger partial charge is 0.305 e. The van der Waals surface area contributed by atoms with Gasteiger partial charge >= 0.3 is 11.9 Å². The zero-order valence-corrected chi connectivity index (χ0v) is 36.8. The molecule has 64 heavy (non-hydrogen) atoms. The SMILES string of the molecule is CC(C)[C@H](NC(=O)c1ccc2ccccc2n1)C(=O)N[C@@H](CC(=O)O)C(=O)N[C@H](C(=O)N1CC[C@H](CC(C)(C)C)C1C(=O)N[C@@H](CC(=O)O)C(=O)COc1c(F)cccc1F)C(C)C. The Hall–Kier alpha value is -6.53. The van der Waals surface area contributed by atoms with Crippen LogP contribution in [0.2, 0.25) is 0 Å². The predicted molar refractivity (Wildman–Crippen MR) is 228 cm³/mol. The summed E-state index contributed by atoms with van der Waals surface area (Å²) in [6.45, 7) is 11.2. The standard InChI is InChI=1S/C45H56F2N6O11/c1-23(2)36(51-40(59)30-16-15-25-11-8-9-14-29(25)48-30)42(61)50-32(20-35(57)58)41(60)52-37(24(3)4)44(63)53-18-17-26(21-45(5,6)7)38(53)43(62)49-31(19-34(55)56)33(54)22-64-39-27(46)12-10-13-28(39)47/h8-16,23-24,26,31-32,36-38H,17-22H2,1-7H3,(H,49,62)(H,50,61)(H,51,59)(H,52,60)(H,55,56)(H,57,58)/t26-,31+,32+,36+,37+,38?/m1/s1. The number of hydrogen-bond donors (Lipinski definition) is 6. The minimum atomic E-state index is -1.74. The Labute approximate surface area is 369 Å². The number of carboxylic acids is 2. The van der Waals surface area contributed by atoms with Gasteiger partial charge in [0.15, 0.2) is 23.2 Å². The lowest BCUT2D eigenvalue weighted by atomic mass is 9.81. The van der Waals surface area contributed by atoms with Crippen LogP contribution >= 0.6 is 0 Å². The number of Topliss-reactive ketones (excluding diaryl/α,β-unsaturated/α-hetero) is 1. The molecule has 346 valence electrons. The molecule has 6 N–H and O–H groups in total.